The van der Waals surface area contributed by atoms with Crippen LogP contribution in [-0.4, -0.2) is 15.0 Å². The van der Waals surface area contributed by atoms with Gasteiger partial charge in [-0.15, -0.1) is 0 Å². The number of benzene rings is 1. The van der Waals surface area contributed by atoms with Crippen LogP contribution in [0.1, 0.15) is 44.2 Å². The van der Waals surface area contributed by atoms with Crippen LogP contribution in [0.4, 0.5) is 0 Å². The highest BCUT2D eigenvalue weighted by Gasteiger charge is 2.41. The fraction of sp³-hybridized carbons (Fsp3) is 0.600. The van der Waals surface area contributed by atoms with Crippen molar-refractivity contribution in [3.05, 3.63) is 29.3 Å². The lowest BCUT2D eigenvalue weighted by atomic mass is 10.1. The highest BCUT2D eigenvalue weighted by molar-refractivity contribution is 7.89. The van der Waals surface area contributed by atoms with Gasteiger partial charge in [-0.25, -0.2) is 13.1 Å². The Kier molecular flexibility index (Phi) is 4.52. The average molecular weight is 296 g/mol. The van der Waals surface area contributed by atoms with Crippen molar-refractivity contribution in [3.8, 4) is 0 Å². The van der Waals surface area contributed by atoms with E-state index in [4.69, 9.17) is 5.73 Å². The van der Waals surface area contributed by atoms with Crippen LogP contribution >= 0.6 is 0 Å². The third-order valence-electron chi connectivity index (χ3n) is 4.43. The molecule has 0 heterocycles. The van der Waals surface area contributed by atoms with Gasteiger partial charge in [0.05, 0.1) is 4.90 Å². The maximum atomic E-state index is 12.3. The topological polar surface area (TPSA) is 72.2 Å². The number of sulfonamides is 1. The number of rotatable bonds is 7. The Morgan fingerprint density at radius 3 is 2.45 bits per heavy atom. The second-order valence-corrected chi connectivity index (χ2v) is 7.43. The minimum absolute atomic E-state index is 0.202. The summed E-state index contributed by atoms with van der Waals surface area (Å²) in [7, 11) is -3.43. The molecular formula is C15H24N2O2S. The Morgan fingerprint density at radius 1 is 1.25 bits per heavy atom. The van der Waals surface area contributed by atoms with E-state index in [9.17, 15) is 8.42 Å². The molecule has 5 heteroatoms. The number of hydrogen-bond acceptors (Lipinski definition) is 3. The number of hydrogen-bond donors (Lipinski definition) is 2. The molecule has 1 saturated carbocycles. The molecule has 0 amide bonds. The lowest BCUT2D eigenvalue weighted by Gasteiger charge is -2.15. The molecule has 0 bridgehead atoms. The summed E-state index contributed by atoms with van der Waals surface area (Å²) in [5.41, 5.74) is 7.92. The molecule has 1 aliphatic rings. The van der Waals surface area contributed by atoms with E-state index in [1.807, 2.05) is 13.0 Å². The van der Waals surface area contributed by atoms with Gasteiger partial charge in [-0.2, -0.15) is 0 Å². The van der Waals surface area contributed by atoms with Gasteiger partial charge in [-0.1, -0.05) is 19.9 Å². The summed E-state index contributed by atoms with van der Waals surface area (Å²) in [5.74, 6) is 0. The fourth-order valence-corrected chi connectivity index (χ4v) is 3.68. The van der Waals surface area contributed by atoms with E-state index in [-0.39, 0.29) is 5.41 Å². The van der Waals surface area contributed by atoms with Crippen molar-refractivity contribution in [3.63, 3.8) is 0 Å². The molecule has 1 aromatic rings. The van der Waals surface area contributed by atoms with Crippen LogP contribution in [-0.2, 0) is 23.0 Å². The number of nitrogens with one attached hydrogen (secondary N) is 1. The van der Waals surface area contributed by atoms with E-state index in [0.717, 1.165) is 36.8 Å². The van der Waals surface area contributed by atoms with Crippen LogP contribution in [0.5, 0.6) is 0 Å². The predicted octanol–water partition coefficient (Wildman–Crippen LogP) is 2.18. The lowest BCUT2D eigenvalue weighted by Crippen LogP contribution is -2.30. The van der Waals surface area contributed by atoms with Gasteiger partial charge in [-0.05, 0) is 54.4 Å². The molecular weight excluding hydrogens is 272 g/mol. The molecule has 1 fully saturated rings. The van der Waals surface area contributed by atoms with Crippen molar-refractivity contribution < 1.29 is 8.42 Å². The maximum Gasteiger partial charge on any atom is 0.240 e. The summed E-state index contributed by atoms with van der Waals surface area (Å²) in [4.78, 5) is 0.321. The number of nitrogens with two attached hydrogens (primary N) is 1. The quantitative estimate of drug-likeness (QED) is 0.810. The first-order valence-corrected chi connectivity index (χ1v) is 8.76. The van der Waals surface area contributed by atoms with Gasteiger partial charge < -0.3 is 5.73 Å². The van der Waals surface area contributed by atoms with E-state index < -0.39 is 10.0 Å². The van der Waals surface area contributed by atoms with E-state index >= 15 is 0 Å². The first-order valence-electron chi connectivity index (χ1n) is 7.28. The van der Waals surface area contributed by atoms with E-state index in [0.29, 0.717) is 18.0 Å². The minimum atomic E-state index is -3.43. The molecule has 0 unspecified atom stereocenters. The first-order chi connectivity index (χ1) is 9.46. The molecule has 1 aromatic carbocycles. The van der Waals surface area contributed by atoms with Gasteiger partial charge in [0, 0.05) is 13.1 Å². The van der Waals surface area contributed by atoms with Gasteiger partial charge in [0.25, 0.3) is 0 Å². The smallest absolute Gasteiger partial charge is 0.240 e. The van der Waals surface area contributed by atoms with E-state index in [1.54, 1.807) is 12.1 Å². The van der Waals surface area contributed by atoms with Crippen molar-refractivity contribution in [2.24, 2.45) is 11.1 Å². The Bertz CT molecular complexity index is 578. The summed E-state index contributed by atoms with van der Waals surface area (Å²) < 4.78 is 27.4. The maximum absolute atomic E-state index is 12.3. The zero-order chi connectivity index (χ0) is 14.8. The summed E-state index contributed by atoms with van der Waals surface area (Å²) in [6.07, 6.45) is 4.13. The molecule has 3 N–H and O–H groups in total. The molecule has 4 nitrogen and oxygen atoms in total. The Hall–Kier alpha value is -0.910. The summed E-state index contributed by atoms with van der Waals surface area (Å²) in [5, 5.41) is 0. The van der Waals surface area contributed by atoms with Crippen molar-refractivity contribution in [1.82, 2.24) is 4.72 Å². The van der Waals surface area contributed by atoms with Crippen LogP contribution in [0, 0.1) is 5.41 Å². The van der Waals surface area contributed by atoms with Gasteiger partial charge in [0.2, 0.25) is 10.0 Å². The van der Waals surface area contributed by atoms with Gasteiger partial charge >= 0.3 is 0 Å². The molecule has 0 aromatic heterocycles. The largest absolute Gasteiger partial charge is 0.326 e. The highest BCUT2D eigenvalue weighted by Crippen LogP contribution is 2.48. The van der Waals surface area contributed by atoms with Crippen LogP contribution in [0.25, 0.3) is 0 Å². The summed E-state index contributed by atoms with van der Waals surface area (Å²) >= 11 is 0. The second kappa shape index (κ2) is 5.84. The zero-order valence-corrected chi connectivity index (χ0v) is 13.1. The van der Waals surface area contributed by atoms with Crippen LogP contribution in [0.3, 0.4) is 0 Å². The number of aryl methyl sites for hydroxylation is 1. The van der Waals surface area contributed by atoms with Gasteiger partial charge in [0.15, 0.2) is 0 Å². The fourth-order valence-electron chi connectivity index (χ4n) is 2.47. The third kappa shape index (κ3) is 3.22. The Morgan fingerprint density at radius 2 is 1.95 bits per heavy atom. The van der Waals surface area contributed by atoms with E-state index in [2.05, 4.69) is 11.6 Å². The van der Waals surface area contributed by atoms with Crippen LogP contribution < -0.4 is 10.5 Å². The summed E-state index contributed by atoms with van der Waals surface area (Å²) in [6, 6.07) is 5.24. The van der Waals surface area contributed by atoms with Crippen molar-refractivity contribution in [2.75, 3.05) is 6.54 Å². The zero-order valence-electron chi connectivity index (χ0n) is 12.3. The van der Waals surface area contributed by atoms with Crippen molar-refractivity contribution in [2.45, 2.75) is 51.0 Å². The van der Waals surface area contributed by atoms with Crippen LogP contribution in [0.15, 0.2) is 23.1 Å². The molecule has 0 saturated heterocycles. The van der Waals surface area contributed by atoms with Crippen molar-refractivity contribution >= 4 is 10.0 Å². The molecule has 1 aliphatic carbocycles. The monoisotopic (exact) mass is 296 g/mol. The van der Waals surface area contributed by atoms with E-state index in [1.165, 1.54) is 0 Å². The minimum Gasteiger partial charge on any atom is -0.326 e. The van der Waals surface area contributed by atoms with Crippen LogP contribution in [0.2, 0.25) is 0 Å². The predicted molar refractivity (Wildman–Crippen MR) is 80.9 cm³/mol. The first kappa shape index (κ1) is 15.5. The third-order valence-corrected chi connectivity index (χ3v) is 5.83. The lowest BCUT2D eigenvalue weighted by molar-refractivity contribution is 0.475. The summed E-state index contributed by atoms with van der Waals surface area (Å²) in [6.45, 7) is 5.06. The molecule has 0 aliphatic heterocycles. The molecule has 2 rings (SSSR count). The molecule has 20 heavy (non-hydrogen) atoms. The molecule has 0 spiro atoms. The van der Waals surface area contributed by atoms with Gasteiger partial charge in [0.1, 0.15) is 0 Å². The van der Waals surface area contributed by atoms with Gasteiger partial charge in [-0.3, -0.25) is 0 Å². The Balaban J connectivity index is 2.16. The average Bonchev–Trinajstić information content (AvgIpc) is 3.25. The van der Waals surface area contributed by atoms with Crippen molar-refractivity contribution in [1.29, 1.82) is 0 Å². The molecule has 0 atom stereocenters. The molecule has 112 valence electrons. The standard InChI is InChI=1S/C15H24N2O2S/c1-3-12-5-6-14(9-13(12)10-16)20(18,19)17-11-15(4-2)7-8-15/h5-6,9,17H,3-4,7-8,10-11,16H2,1-2H3. The SMILES string of the molecule is CCc1ccc(S(=O)(=O)NCC2(CC)CC2)cc1CN. The Labute approximate surface area is 121 Å². The highest BCUT2D eigenvalue weighted by atomic mass is 32.2. The normalized spacial score (nSPS) is 17.1. The second-order valence-electron chi connectivity index (χ2n) is 5.67. The molecule has 0 radical (unpaired) electrons.